The molecule has 0 atom stereocenters. The number of hydrogen-bond acceptors (Lipinski definition) is 6. The summed E-state index contributed by atoms with van der Waals surface area (Å²) in [6.07, 6.45) is 6.69. The Hall–Kier alpha value is -4.20. The molecule has 8 heteroatoms. The van der Waals surface area contributed by atoms with Crippen LogP contribution in [0.25, 0.3) is 0 Å². The number of benzene rings is 2. The third kappa shape index (κ3) is 5.23. The lowest BCUT2D eigenvalue weighted by Crippen LogP contribution is -2.11. The zero-order chi connectivity index (χ0) is 23.3. The van der Waals surface area contributed by atoms with E-state index in [1.807, 2.05) is 43.3 Å². The molecule has 0 aliphatic heterocycles. The van der Waals surface area contributed by atoms with Crippen molar-refractivity contribution in [3.8, 4) is 0 Å². The quantitative estimate of drug-likeness (QED) is 0.277. The Labute approximate surface area is 198 Å². The second-order valence-corrected chi connectivity index (χ2v) is 8.61. The van der Waals surface area contributed by atoms with Gasteiger partial charge >= 0.3 is 0 Å². The maximum absolute atomic E-state index is 12.5. The van der Waals surface area contributed by atoms with Gasteiger partial charge in [0.2, 0.25) is 5.95 Å². The van der Waals surface area contributed by atoms with Crippen LogP contribution in [0.3, 0.4) is 0 Å². The number of aromatic amines is 1. The van der Waals surface area contributed by atoms with Gasteiger partial charge in [0, 0.05) is 40.8 Å². The van der Waals surface area contributed by atoms with Crippen LogP contribution in [0.5, 0.6) is 0 Å². The van der Waals surface area contributed by atoms with E-state index in [9.17, 15) is 4.79 Å². The van der Waals surface area contributed by atoms with Crippen molar-refractivity contribution in [1.29, 1.82) is 0 Å². The van der Waals surface area contributed by atoms with Gasteiger partial charge in [0.15, 0.2) is 5.82 Å². The van der Waals surface area contributed by atoms with Gasteiger partial charge in [-0.15, -0.1) is 0 Å². The van der Waals surface area contributed by atoms with E-state index in [2.05, 4.69) is 42.2 Å². The van der Waals surface area contributed by atoms with Crippen LogP contribution in [0, 0.1) is 6.92 Å². The lowest BCUT2D eigenvalue weighted by molar-refractivity contribution is 0.102. The molecule has 5 rings (SSSR count). The predicted octanol–water partition coefficient (Wildman–Crippen LogP) is 5.91. The molecule has 1 fully saturated rings. The smallest absolute Gasteiger partial charge is 0.255 e. The summed E-state index contributed by atoms with van der Waals surface area (Å²) in [6.45, 7) is 1.99. The molecule has 0 unspecified atom stereocenters. The molecule has 4 N–H and O–H groups in total. The van der Waals surface area contributed by atoms with Crippen molar-refractivity contribution in [2.75, 3.05) is 16.0 Å². The second kappa shape index (κ2) is 9.74. The molecule has 34 heavy (non-hydrogen) atoms. The molecule has 0 bridgehead atoms. The Morgan fingerprint density at radius 3 is 2.56 bits per heavy atom. The number of nitrogens with zero attached hydrogens (tertiary/aromatic N) is 3. The highest BCUT2D eigenvalue weighted by molar-refractivity contribution is 6.04. The van der Waals surface area contributed by atoms with E-state index in [0.29, 0.717) is 23.2 Å². The summed E-state index contributed by atoms with van der Waals surface area (Å²) < 4.78 is 0. The Morgan fingerprint density at radius 1 is 0.941 bits per heavy atom. The molecule has 172 valence electrons. The molecule has 2 aromatic carbocycles. The van der Waals surface area contributed by atoms with E-state index in [0.717, 1.165) is 22.8 Å². The van der Waals surface area contributed by atoms with Crippen LogP contribution in [-0.2, 0) is 0 Å². The van der Waals surface area contributed by atoms with Crippen LogP contribution in [-0.4, -0.2) is 26.1 Å². The number of amides is 1. The molecule has 1 aliphatic carbocycles. The van der Waals surface area contributed by atoms with Crippen molar-refractivity contribution in [2.24, 2.45) is 0 Å². The minimum atomic E-state index is -0.157. The number of carbonyl (C=O) groups excluding carboxylic acids is 1. The zero-order valence-corrected chi connectivity index (χ0v) is 19.0. The SMILES string of the molecule is Cc1cccc(NC(=O)c2ccc(Nc3nccc(Nc4cc(C5CCCC5)[nH]n4)n3)cc2)c1. The van der Waals surface area contributed by atoms with Crippen LogP contribution in [0.4, 0.5) is 29.0 Å². The van der Waals surface area contributed by atoms with E-state index in [1.54, 1.807) is 24.4 Å². The molecule has 2 aromatic heterocycles. The Balaban J connectivity index is 1.21. The van der Waals surface area contributed by atoms with Crippen LogP contribution < -0.4 is 16.0 Å². The molecular weight excluding hydrogens is 426 g/mol. The summed E-state index contributed by atoms with van der Waals surface area (Å²) in [5, 5.41) is 16.9. The average molecular weight is 454 g/mol. The third-order valence-electron chi connectivity index (χ3n) is 5.98. The van der Waals surface area contributed by atoms with Crippen LogP contribution in [0.2, 0.25) is 0 Å². The fourth-order valence-corrected chi connectivity index (χ4v) is 4.23. The van der Waals surface area contributed by atoms with Crippen LogP contribution in [0.15, 0.2) is 66.9 Å². The van der Waals surface area contributed by atoms with Crippen molar-refractivity contribution < 1.29 is 4.79 Å². The monoisotopic (exact) mass is 453 g/mol. The Kier molecular flexibility index (Phi) is 6.20. The topological polar surface area (TPSA) is 108 Å². The first-order valence-electron chi connectivity index (χ1n) is 11.5. The highest BCUT2D eigenvalue weighted by atomic mass is 16.1. The summed E-state index contributed by atoms with van der Waals surface area (Å²) in [7, 11) is 0. The van der Waals surface area contributed by atoms with E-state index >= 15 is 0 Å². The van der Waals surface area contributed by atoms with E-state index in [1.165, 1.54) is 31.4 Å². The molecule has 0 spiro atoms. The number of carbonyl (C=O) groups is 1. The van der Waals surface area contributed by atoms with Crippen molar-refractivity contribution in [1.82, 2.24) is 20.2 Å². The van der Waals surface area contributed by atoms with Crippen molar-refractivity contribution >= 4 is 34.9 Å². The number of anilines is 5. The first kappa shape index (κ1) is 21.6. The van der Waals surface area contributed by atoms with Gasteiger partial charge in [-0.25, -0.2) is 4.98 Å². The molecule has 4 aromatic rings. The highest BCUT2D eigenvalue weighted by Gasteiger charge is 2.19. The molecular formula is C26H27N7O. The van der Waals surface area contributed by atoms with Gasteiger partial charge < -0.3 is 16.0 Å². The first-order chi connectivity index (χ1) is 16.6. The highest BCUT2D eigenvalue weighted by Crippen LogP contribution is 2.34. The number of rotatable bonds is 7. The van der Waals surface area contributed by atoms with Gasteiger partial charge in [0.05, 0.1) is 0 Å². The van der Waals surface area contributed by atoms with E-state index in [-0.39, 0.29) is 5.91 Å². The molecule has 1 amide bonds. The number of hydrogen-bond donors (Lipinski definition) is 4. The van der Waals surface area contributed by atoms with Gasteiger partial charge in [0.1, 0.15) is 5.82 Å². The first-order valence-corrected chi connectivity index (χ1v) is 11.5. The standard InChI is InChI=1S/C26H27N7O/c1-17-5-4-8-21(15-17)28-25(34)19-9-11-20(12-10-19)29-26-27-14-13-23(31-26)30-24-16-22(32-33-24)18-6-2-3-7-18/h4-5,8-16,18H,2-3,6-7H2,1H3,(H,28,34)(H3,27,29,30,31,32,33). The number of aryl methyl sites for hydroxylation is 1. The molecule has 1 aliphatic rings. The third-order valence-corrected chi connectivity index (χ3v) is 5.98. The predicted molar refractivity (Wildman–Crippen MR) is 134 cm³/mol. The van der Waals surface area contributed by atoms with Crippen LogP contribution >= 0.6 is 0 Å². The summed E-state index contributed by atoms with van der Waals surface area (Å²) in [4.78, 5) is 21.3. The van der Waals surface area contributed by atoms with Crippen molar-refractivity contribution in [2.45, 2.75) is 38.5 Å². The van der Waals surface area contributed by atoms with Crippen molar-refractivity contribution in [3.63, 3.8) is 0 Å². The fourth-order valence-electron chi connectivity index (χ4n) is 4.23. The normalized spacial score (nSPS) is 13.6. The zero-order valence-electron chi connectivity index (χ0n) is 19.0. The minimum Gasteiger partial charge on any atom is -0.324 e. The largest absolute Gasteiger partial charge is 0.324 e. The summed E-state index contributed by atoms with van der Waals surface area (Å²) in [5.41, 5.74) is 4.40. The van der Waals surface area contributed by atoms with Gasteiger partial charge in [-0.2, -0.15) is 10.1 Å². The van der Waals surface area contributed by atoms with E-state index < -0.39 is 0 Å². The Morgan fingerprint density at radius 2 is 1.76 bits per heavy atom. The molecule has 8 nitrogen and oxygen atoms in total. The number of aromatic nitrogens is 4. The molecule has 0 radical (unpaired) electrons. The van der Waals surface area contributed by atoms with Gasteiger partial charge in [0.25, 0.3) is 5.91 Å². The van der Waals surface area contributed by atoms with E-state index in [4.69, 9.17) is 0 Å². The molecule has 0 saturated heterocycles. The number of nitrogens with one attached hydrogen (secondary N) is 4. The minimum absolute atomic E-state index is 0.157. The Bertz CT molecular complexity index is 1280. The average Bonchev–Trinajstić information content (AvgIpc) is 3.52. The fraction of sp³-hybridized carbons (Fsp3) is 0.231. The summed E-state index contributed by atoms with van der Waals surface area (Å²) in [6, 6.07) is 18.8. The maximum atomic E-state index is 12.5. The van der Waals surface area contributed by atoms with Crippen molar-refractivity contribution in [3.05, 3.63) is 83.7 Å². The summed E-state index contributed by atoms with van der Waals surface area (Å²) >= 11 is 0. The van der Waals surface area contributed by atoms with Gasteiger partial charge in [-0.3, -0.25) is 9.89 Å². The van der Waals surface area contributed by atoms with Crippen LogP contribution in [0.1, 0.15) is 53.2 Å². The lowest BCUT2D eigenvalue weighted by Gasteiger charge is -2.09. The summed E-state index contributed by atoms with van der Waals surface area (Å²) in [5.74, 6) is 2.27. The molecule has 2 heterocycles. The lowest BCUT2D eigenvalue weighted by atomic mass is 10.0. The maximum Gasteiger partial charge on any atom is 0.255 e. The van der Waals surface area contributed by atoms with Gasteiger partial charge in [-0.05, 0) is 67.8 Å². The molecule has 1 saturated carbocycles. The number of H-pyrrole nitrogens is 1. The van der Waals surface area contributed by atoms with Gasteiger partial charge in [-0.1, -0.05) is 25.0 Å². The second-order valence-electron chi connectivity index (χ2n) is 8.61.